The Morgan fingerprint density at radius 1 is 0.246 bits per heavy atom. The Labute approximate surface area is 393 Å². The molecule has 4 aromatic heterocycles. The highest BCUT2D eigenvalue weighted by molar-refractivity contribution is 6.21. The Balaban J connectivity index is 0.933. The molecule has 11 aromatic carbocycles. The van der Waals surface area contributed by atoms with Gasteiger partial charge in [0.1, 0.15) is 33.5 Å². The third-order valence-electron chi connectivity index (χ3n) is 14.0. The molecule has 15 rings (SSSR count). The fourth-order valence-electron chi connectivity index (χ4n) is 10.9. The van der Waals surface area contributed by atoms with Crippen LogP contribution in [-0.2, 0) is 0 Å². The minimum Gasteiger partial charge on any atom is -0.456 e. The van der Waals surface area contributed by atoms with Gasteiger partial charge in [-0.1, -0.05) is 176 Å². The van der Waals surface area contributed by atoms with Crippen LogP contribution in [0.3, 0.4) is 0 Å². The SMILES string of the molecule is c1ccc2c(c1)ccc1cc(-c3nc(-c4cccc5c(-c6cccc7oc8c(-c9cccc%10oc%11ccccc%11c9%10)cccc8c67)cccc45)nc(-c4cccc5oc6ccccc6c45)n3)ccc12. The first kappa shape index (κ1) is 37.8. The number of nitrogens with zero attached hydrogens (tertiary/aromatic N) is 3. The van der Waals surface area contributed by atoms with Crippen LogP contribution in [0.2, 0.25) is 0 Å². The van der Waals surface area contributed by atoms with Crippen LogP contribution >= 0.6 is 0 Å². The molecule has 0 spiro atoms. The van der Waals surface area contributed by atoms with Crippen molar-refractivity contribution in [2.75, 3.05) is 0 Å². The number of para-hydroxylation sites is 3. The number of hydrogen-bond acceptors (Lipinski definition) is 6. The van der Waals surface area contributed by atoms with E-state index in [1.807, 2.05) is 48.5 Å². The third kappa shape index (κ3) is 5.69. The van der Waals surface area contributed by atoms with E-state index in [1.165, 1.54) is 16.2 Å². The van der Waals surface area contributed by atoms with Crippen LogP contribution < -0.4 is 0 Å². The van der Waals surface area contributed by atoms with Crippen molar-refractivity contribution in [3.05, 3.63) is 212 Å². The van der Waals surface area contributed by atoms with Crippen molar-refractivity contribution < 1.29 is 13.3 Å². The predicted octanol–water partition coefficient (Wildman–Crippen LogP) is 17.4. The second-order valence-electron chi connectivity index (χ2n) is 17.8. The number of rotatable bonds is 5. The topological polar surface area (TPSA) is 78.1 Å². The van der Waals surface area contributed by atoms with Crippen LogP contribution in [0.1, 0.15) is 0 Å². The van der Waals surface area contributed by atoms with E-state index in [0.717, 1.165) is 121 Å². The lowest BCUT2D eigenvalue weighted by molar-refractivity contribution is 0.668. The average molecular weight is 882 g/mol. The van der Waals surface area contributed by atoms with Gasteiger partial charge in [-0.05, 0) is 85.4 Å². The summed E-state index contributed by atoms with van der Waals surface area (Å²) < 4.78 is 19.6. The van der Waals surface area contributed by atoms with E-state index in [4.69, 9.17) is 28.2 Å². The lowest BCUT2D eigenvalue weighted by atomic mass is 9.92. The smallest absolute Gasteiger partial charge is 0.164 e. The van der Waals surface area contributed by atoms with Gasteiger partial charge in [0.05, 0.1) is 0 Å². The van der Waals surface area contributed by atoms with E-state index < -0.39 is 0 Å². The fourth-order valence-corrected chi connectivity index (χ4v) is 10.9. The van der Waals surface area contributed by atoms with Crippen molar-refractivity contribution in [3.8, 4) is 56.4 Å². The van der Waals surface area contributed by atoms with Gasteiger partial charge in [-0.15, -0.1) is 0 Å². The highest BCUT2D eigenvalue weighted by Gasteiger charge is 2.22. The molecule has 0 aliphatic heterocycles. The van der Waals surface area contributed by atoms with Crippen LogP contribution in [0.4, 0.5) is 0 Å². The Morgan fingerprint density at radius 2 is 0.696 bits per heavy atom. The molecule has 0 saturated carbocycles. The van der Waals surface area contributed by atoms with Crippen LogP contribution in [0.15, 0.2) is 226 Å². The molecule has 0 fully saturated rings. The quantitative estimate of drug-likeness (QED) is 0.160. The zero-order valence-electron chi connectivity index (χ0n) is 36.8. The van der Waals surface area contributed by atoms with Gasteiger partial charge in [0, 0.05) is 54.6 Å². The highest BCUT2D eigenvalue weighted by atomic mass is 16.3. The molecule has 69 heavy (non-hydrogen) atoms. The molecule has 320 valence electrons. The molecule has 4 heterocycles. The van der Waals surface area contributed by atoms with Crippen molar-refractivity contribution in [1.82, 2.24) is 15.0 Å². The third-order valence-corrected chi connectivity index (χ3v) is 14.0. The number of fused-ring (bicyclic) bond motifs is 13. The molecular formula is C63H35N3O3. The van der Waals surface area contributed by atoms with Crippen molar-refractivity contribution >= 4 is 98.1 Å². The second-order valence-corrected chi connectivity index (χ2v) is 17.8. The molecular weight excluding hydrogens is 847 g/mol. The predicted molar refractivity (Wildman–Crippen MR) is 281 cm³/mol. The summed E-state index contributed by atoms with van der Waals surface area (Å²) in [6.45, 7) is 0. The van der Waals surface area contributed by atoms with Crippen molar-refractivity contribution in [3.63, 3.8) is 0 Å². The molecule has 0 bridgehead atoms. The number of benzene rings is 11. The van der Waals surface area contributed by atoms with E-state index in [1.54, 1.807) is 0 Å². The lowest BCUT2D eigenvalue weighted by Crippen LogP contribution is -2.01. The lowest BCUT2D eigenvalue weighted by Gasteiger charge is -2.13. The Morgan fingerprint density at radius 3 is 1.43 bits per heavy atom. The summed E-state index contributed by atoms with van der Waals surface area (Å²) in [6.07, 6.45) is 0. The fraction of sp³-hybridized carbons (Fsp3) is 0. The van der Waals surface area contributed by atoms with Gasteiger partial charge in [0.25, 0.3) is 0 Å². The molecule has 15 aromatic rings. The maximum Gasteiger partial charge on any atom is 0.164 e. The standard InChI is InChI=1S/C63H35N3O3/c1-2-14-39-36(13-1)31-32-37-35-38(33-34-40(37)39)61-64-62(66-63(65-61)51-25-12-29-55-59(51)49-16-4-6-27-53(49)68-55)47-23-8-17-41-42(18-7-19-43(41)47)44-20-10-30-56-58(44)50-24-9-22-46(60(50)69-56)45-21-11-28-54-57(45)48-15-3-5-26-52(48)67-54/h1-35H. The largest absolute Gasteiger partial charge is 0.456 e. The first-order chi connectivity index (χ1) is 34.2. The Kier molecular flexibility index (Phi) is 7.97. The molecule has 6 nitrogen and oxygen atoms in total. The maximum absolute atomic E-state index is 6.89. The van der Waals surface area contributed by atoms with Crippen molar-refractivity contribution in [2.45, 2.75) is 0 Å². The summed E-state index contributed by atoms with van der Waals surface area (Å²) in [5.41, 5.74) is 11.9. The molecule has 0 aliphatic carbocycles. The van der Waals surface area contributed by atoms with E-state index in [0.29, 0.717) is 17.5 Å². The van der Waals surface area contributed by atoms with E-state index >= 15 is 0 Å². The van der Waals surface area contributed by atoms with Gasteiger partial charge in [-0.2, -0.15) is 0 Å². The normalized spacial score (nSPS) is 12.1. The number of hydrogen-bond donors (Lipinski definition) is 0. The minimum atomic E-state index is 0.573. The average Bonchev–Trinajstić information content (AvgIpc) is 4.12. The van der Waals surface area contributed by atoms with Gasteiger partial charge < -0.3 is 13.3 Å². The molecule has 0 radical (unpaired) electrons. The number of furan rings is 3. The molecule has 0 saturated heterocycles. The van der Waals surface area contributed by atoms with Crippen LogP contribution in [-0.4, -0.2) is 15.0 Å². The molecule has 0 unspecified atom stereocenters. The summed E-state index contributed by atoms with van der Waals surface area (Å²) in [5.74, 6) is 1.75. The molecule has 6 heteroatoms. The van der Waals surface area contributed by atoms with Crippen molar-refractivity contribution in [1.29, 1.82) is 0 Å². The summed E-state index contributed by atoms with van der Waals surface area (Å²) in [6, 6.07) is 73.9. The molecule has 0 N–H and O–H groups in total. The van der Waals surface area contributed by atoms with Gasteiger partial charge in [-0.25, -0.2) is 15.0 Å². The van der Waals surface area contributed by atoms with Crippen LogP contribution in [0.25, 0.3) is 155 Å². The summed E-state index contributed by atoms with van der Waals surface area (Å²) in [7, 11) is 0. The van der Waals surface area contributed by atoms with Gasteiger partial charge in [0.15, 0.2) is 17.5 Å². The Bertz CT molecular complexity index is 4630. The van der Waals surface area contributed by atoms with Crippen LogP contribution in [0, 0.1) is 0 Å². The minimum absolute atomic E-state index is 0.573. The highest BCUT2D eigenvalue weighted by Crippen LogP contribution is 2.46. The molecule has 0 amide bonds. The zero-order valence-corrected chi connectivity index (χ0v) is 36.8. The molecule has 0 aliphatic rings. The van der Waals surface area contributed by atoms with Crippen LogP contribution in [0.5, 0.6) is 0 Å². The summed E-state index contributed by atoms with van der Waals surface area (Å²) >= 11 is 0. The van der Waals surface area contributed by atoms with E-state index in [2.05, 4.69) is 164 Å². The number of aromatic nitrogens is 3. The van der Waals surface area contributed by atoms with E-state index in [9.17, 15) is 0 Å². The summed E-state index contributed by atoms with van der Waals surface area (Å²) in [4.78, 5) is 16.0. The first-order valence-corrected chi connectivity index (χ1v) is 23.2. The summed E-state index contributed by atoms with van der Waals surface area (Å²) in [5, 5.41) is 13.1. The molecule has 0 atom stereocenters. The Hall–Kier alpha value is -9.39. The first-order valence-electron chi connectivity index (χ1n) is 23.2. The van der Waals surface area contributed by atoms with Gasteiger partial charge >= 0.3 is 0 Å². The van der Waals surface area contributed by atoms with Gasteiger partial charge in [0.2, 0.25) is 0 Å². The zero-order chi connectivity index (χ0) is 45.2. The second kappa shape index (κ2) is 14.6. The van der Waals surface area contributed by atoms with E-state index in [-0.39, 0.29) is 0 Å². The maximum atomic E-state index is 6.89. The van der Waals surface area contributed by atoms with Gasteiger partial charge in [-0.3, -0.25) is 0 Å². The monoisotopic (exact) mass is 881 g/mol. The van der Waals surface area contributed by atoms with Crippen molar-refractivity contribution in [2.24, 2.45) is 0 Å².